The molecule has 0 aliphatic heterocycles. The zero-order valence-corrected chi connectivity index (χ0v) is 21.2. The first-order chi connectivity index (χ1) is 17.9. The fourth-order valence-corrected chi connectivity index (χ4v) is 4.33. The van der Waals surface area contributed by atoms with E-state index < -0.39 is 6.04 Å². The van der Waals surface area contributed by atoms with Gasteiger partial charge in [0.1, 0.15) is 23.8 Å². The van der Waals surface area contributed by atoms with Crippen molar-refractivity contribution in [3.63, 3.8) is 0 Å². The Bertz CT molecular complexity index is 1510. The fourth-order valence-electron chi connectivity index (χ4n) is 3.42. The lowest BCUT2D eigenvalue weighted by Gasteiger charge is -2.16. The van der Waals surface area contributed by atoms with Gasteiger partial charge < -0.3 is 16.4 Å². The number of nitrogen functional groups attached to an aromatic ring is 1. The summed E-state index contributed by atoms with van der Waals surface area (Å²) in [5.74, 6) is 0.185. The number of rotatable bonds is 9. The van der Waals surface area contributed by atoms with Crippen LogP contribution in [0.1, 0.15) is 29.1 Å². The van der Waals surface area contributed by atoms with Crippen LogP contribution in [-0.4, -0.2) is 31.9 Å². The number of thiophene rings is 1. The highest BCUT2D eigenvalue weighted by Crippen LogP contribution is 2.30. The lowest BCUT2D eigenvalue weighted by atomic mass is 10.1. The Morgan fingerprint density at radius 3 is 2.86 bits per heavy atom. The zero-order valence-electron chi connectivity index (χ0n) is 20.4. The van der Waals surface area contributed by atoms with Crippen molar-refractivity contribution in [1.82, 2.24) is 25.3 Å². The number of anilines is 2. The highest BCUT2D eigenvalue weighted by molar-refractivity contribution is 7.15. The van der Waals surface area contributed by atoms with Crippen molar-refractivity contribution in [2.24, 2.45) is 0 Å². The number of hydrogen-bond donors (Lipinski definition) is 3. The summed E-state index contributed by atoms with van der Waals surface area (Å²) in [6, 6.07) is 8.86. The summed E-state index contributed by atoms with van der Waals surface area (Å²) < 4.78 is 13.4. The van der Waals surface area contributed by atoms with Crippen molar-refractivity contribution < 1.29 is 9.18 Å². The first-order valence-electron chi connectivity index (χ1n) is 11.5. The molecule has 1 amide bonds. The number of nitrogens with two attached hydrogens (primary N) is 1. The SMILES string of the molecule is C=C(/C=C\C(F)=C/C)[C@H](C)NC(=O)c1cccnc1NCc1ccc(-c2cc3c(N)ncnc3cn2)s1. The smallest absolute Gasteiger partial charge is 0.255 e. The molecule has 4 rings (SSSR count). The molecule has 4 aromatic rings. The minimum absolute atomic E-state index is 0.309. The number of hydrogen-bond acceptors (Lipinski definition) is 8. The summed E-state index contributed by atoms with van der Waals surface area (Å²) in [5.41, 5.74) is 8.43. The summed E-state index contributed by atoms with van der Waals surface area (Å²) in [6.07, 6.45) is 8.92. The van der Waals surface area contributed by atoms with Gasteiger partial charge in [-0.25, -0.2) is 19.3 Å². The molecule has 0 aliphatic carbocycles. The van der Waals surface area contributed by atoms with E-state index in [2.05, 4.69) is 37.1 Å². The Morgan fingerprint density at radius 1 is 1.22 bits per heavy atom. The number of halogens is 1. The number of carbonyl (C=O) groups excluding carboxylic acids is 1. The monoisotopic (exact) mass is 515 g/mol. The molecule has 4 aromatic heterocycles. The minimum Gasteiger partial charge on any atom is -0.383 e. The maximum absolute atomic E-state index is 13.4. The standard InChI is InChI=1S/C27H26FN7OS/c1-4-18(28)8-7-16(2)17(3)35-27(36)20-6-5-11-30-26(20)32-13-19-9-10-24(37-19)22-12-21-23(14-31-22)33-15-34-25(21)29/h4-12,14-15,17H,2,13H2,1,3H3,(H,30,32)(H,35,36)(H2,29,33,34)/b8-7-,18-4+/t17-/m0/s1. The van der Waals surface area contributed by atoms with E-state index in [4.69, 9.17) is 5.73 Å². The number of fused-ring (bicyclic) bond motifs is 1. The number of allylic oxidation sites excluding steroid dienone is 3. The largest absolute Gasteiger partial charge is 0.383 e. The maximum Gasteiger partial charge on any atom is 0.255 e. The number of nitrogens with zero attached hydrogens (tertiary/aromatic N) is 4. The minimum atomic E-state index is -0.393. The average Bonchev–Trinajstić information content (AvgIpc) is 3.39. The normalized spacial score (nSPS) is 12.6. The molecule has 0 aliphatic rings. The molecule has 8 nitrogen and oxygen atoms in total. The maximum atomic E-state index is 13.4. The van der Waals surface area contributed by atoms with Gasteiger partial charge in [0.2, 0.25) is 0 Å². The first kappa shape index (κ1) is 25.6. The summed E-state index contributed by atoms with van der Waals surface area (Å²) in [7, 11) is 0. The van der Waals surface area contributed by atoms with Gasteiger partial charge in [-0.1, -0.05) is 18.7 Å². The Hall–Kier alpha value is -4.44. The van der Waals surface area contributed by atoms with Crippen LogP contribution in [0.25, 0.3) is 21.5 Å². The molecule has 4 N–H and O–H groups in total. The molecule has 0 spiro atoms. The number of aromatic nitrogens is 4. The van der Waals surface area contributed by atoms with Gasteiger partial charge in [-0.3, -0.25) is 9.78 Å². The molecule has 0 saturated heterocycles. The quantitative estimate of drug-likeness (QED) is 0.254. The average molecular weight is 516 g/mol. The van der Waals surface area contributed by atoms with E-state index in [0.717, 1.165) is 20.8 Å². The van der Waals surface area contributed by atoms with E-state index >= 15 is 0 Å². The third kappa shape index (κ3) is 6.22. The van der Waals surface area contributed by atoms with Crippen LogP contribution in [0.5, 0.6) is 0 Å². The predicted molar refractivity (Wildman–Crippen MR) is 147 cm³/mol. The lowest BCUT2D eigenvalue weighted by molar-refractivity contribution is 0.0946. The van der Waals surface area contributed by atoms with E-state index in [9.17, 15) is 9.18 Å². The highest BCUT2D eigenvalue weighted by atomic mass is 32.1. The van der Waals surface area contributed by atoms with Crippen molar-refractivity contribution >= 4 is 39.8 Å². The van der Waals surface area contributed by atoms with Gasteiger partial charge in [0, 0.05) is 16.5 Å². The Morgan fingerprint density at radius 2 is 2.05 bits per heavy atom. The van der Waals surface area contributed by atoms with Crippen molar-refractivity contribution in [1.29, 1.82) is 0 Å². The van der Waals surface area contributed by atoms with Gasteiger partial charge in [-0.15, -0.1) is 11.3 Å². The van der Waals surface area contributed by atoms with Gasteiger partial charge >= 0.3 is 0 Å². The van der Waals surface area contributed by atoms with Crippen molar-refractivity contribution in [3.8, 4) is 10.6 Å². The first-order valence-corrected chi connectivity index (χ1v) is 12.3. The number of pyridine rings is 2. The van der Waals surface area contributed by atoms with Crippen LogP contribution >= 0.6 is 11.3 Å². The third-order valence-corrected chi connectivity index (χ3v) is 6.69. The van der Waals surface area contributed by atoms with Crippen LogP contribution in [0.2, 0.25) is 0 Å². The van der Waals surface area contributed by atoms with E-state index in [1.165, 1.54) is 18.5 Å². The molecule has 0 bridgehead atoms. The van der Waals surface area contributed by atoms with Gasteiger partial charge in [-0.2, -0.15) is 0 Å². The van der Waals surface area contributed by atoms with E-state index in [0.29, 0.717) is 34.8 Å². The van der Waals surface area contributed by atoms with Crippen LogP contribution in [0.15, 0.2) is 85.3 Å². The number of carbonyl (C=O) groups is 1. The number of amides is 1. The van der Waals surface area contributed by atoms with Crippen LogP contribution in [0, 0.1) is 0 Å². The highest BCUT2D eigenvalue weighted by Gasteiger charge is 2.16. The zero-order chi connectivity index (χ0) is 26.4. The molecular formula is C27H26FN7OS. The Labute approximate surface area is 217 Å². The van der Waals surface area contributed by atoms with Crippen LogP contribution in [-0.2, 0) is 6.54 Å². The molecule has 0 saturated carbocycles. The molecule has 0 radical (unpaired) electrons. The van der Waals surface area contributed by atoms with Crippen molar-refractivity contribution in [2.45, 2.75) is 26.4 Å². The van der Waals surface area contributed by atoms with Crippen molar-refractivity contribution in [2.75, 3.05) is 11.1 Å². The molecular weight excluding hydrogens is 489 g/mol. The van der Waals surface area contributed by atoms with Gasteiger partial charge in [0.25, 0.3) is 5.91 Å². The molecule has 1 atom stereocenters. The second kappa shape index (κ2) is 11.5. The van der Waals surface area contributed by atoms with Crippen molar-refractivity contribution in [3.05, 3.63) is 95.7 Å². The second-order valence-electron chi connectivity index (χ2n) is 8.14. The summed E-state index contributed by atoms with van der Waals surface area (Å²) in [5, 5.41) is 6.89. The van der Waals surface area contributed by atoms with Gasteiger partial charge in [-0.05, 0) is 55.8 Å². The molecule has 10 heteroatoms. The summed E-state index contributed by atoms with van der Waals surface area (Å²) in [4.78, 5) is 32.0. The molecule has 188 valence electrons. The second-order valence-corrected chi connectivity index (χ2v) is 9.31. The topological polar surface area (TPSA) is 119 Å². The third-order valence-electron chi connectivity index (χ3n) is 5.59. The molecule has 0 aromatic carbocycles. The Balaban J connectivity index is 1.43. The van der Waals surface area contributed by atoms with E-state index in [1.54, 1.807) is 55.8 Å². The molecule has 0 unspecified atom stereocenters. The molecule has 37 heavy (non-hydrogen) atoms. The predicted octanol–water partition coefficient (Wildman–Crippen LogP) is 5.45. The van der Waals surface area contributed by atoms with Gasteiger partial charge in [0.15, 0.2) is 0 Å². The summed E-state index contributed by atoms with van der Waals surface area (Å²) >= 11 is 1.57. The molecule has 4 heterocycles. The lowest BCUT2D eigenvalue weighted by Crippen LogP contribution is -2.33. The van der Waals surface area contributed by atoms with Crippen LogP contribution < -0.4 is 16.4 Å². The fraction of sp³-hybridized carbons (Fsp3) is 0.148. The van der Waals surface area contributed by atoms with E-state index in [1.807, 2.05) is 18.2 Å². The van der Waals surface area contributed by atoms with E-state index in [-0.39, 0.29) is 11.7 Å². The number of nitrogens with one attached hydrogen (secondary N) is 2. The molecule has 0 fully saturated rings. The van der Waals surface area contributed by atoms with Gasteiger partial charge in [0.05, 0.1) is 40.4 Å². The summed E-state index contributed by atoms with van der Waals surface area (Å²) in [6.45, 7) is 7.77. The van der Waals surface area contributed by atoms with Crippen LogP contribution in [0.4, 0.5) is 16.0 Å². The Kier molecular flexibility index (Phi) is 7.99. The van der Waals surface area contributed by atoms with Crippen LogP contribution in [0.3, 0.4) is 0 Å².